The Kier molecular flexibility index (Phi) is 5.39. The maximum atomic E-state index is 6.18. The largest absolute Gasteiger partial charge is 0.370 e. The standard InChI is InChI=1S/C16H20ClN3/c1-3-18-16-9-8-13(10-19-16)11-20(2)12-14-6-4-5-7-15(14)17/h4-10H,3,11-12H2,1-2H3,(H,18,19). The number of hydrogen-bond acceptors (Lipinski definition) is 3. The Hall–Kier alpha value is -1.58. The molecule has 0 aliphatic rings. The SMILES string of the molecule is CCNc1ccc(CN(C)Cc2ccccc2Cl)cn1. The van der Waals surface area contributed by atoms with Crippen LogP contribution in [0.25, 0.3) is 0 Å². The zero-order chi connectivity index (χ0) is 14.4. The molecule has 0 saturated carbocycles. The lowest BCUT2D eigenvalue weighted by Gasteiger charge is -2.17. The van der Waals surface area contributed by atoms with Crippen molar-refractivity contribution in [2.75, 3.05) is 18.9 Å². The molecule has 106 valence electrons. The molecule has 0 saturated heterocycles. The van der Waals surface area contributed by atoms with Crippen LogP contribution in [0.15, 0.2) is 42.6 Å². The minimum atomic E-state index is 0.819. The highest BCUT2D eigenvalue weighted by Gasteiger charge is 2.05. The van der Waals surface area contributed by atoms with Crippen LogP contribution in [0.4, 0.5) is 5.82 Å². The fraction of sp³-hybridized carbons (Fsp3) is 0.312. The Morgan fingerprint density at radius 1 is 1.15 bits per heavy atom. The molecular weight excluding hydrogens is 270 g/mol. The van der Waals surface area contributed by atoms with Crippen molar-refractivity contribution < 1.29 is 0 Å². The second-order valence-corrected chi connectivity index (χ2v) is 5.25. The number of pyridine rings is 1. The van der Waals surface area contributed by atoms with Gasteiger partial charge in [0.15, 0.2) is 0 Å². The van der Waals surface area contributed by atoms with Gasteiger partial charge in [0.05, 0.1) is 0 Å². The lowest BCUT2D eigenvalue weighted by atomic mass is 10.2. The first-order valence-electron chi connectivity index (χ1n) is 6.79. The van der Waals surface area contributed by atoms with Gasteiger partial charge in [0, 0.05) is 30.9 Å². The third-order valence-electron chi connectivity index (χ3n) is 3.03. The normalized spacial score (nSPS) is 10.8. The molecule has 0 spiro atoms. The van der Waals surface area contributed by atoms with Crippen molar-refractivity contribution >= 4 is 17.4 Å². The van der Waals surface area contributed by atoms with Gasteiger partial charge < -0.3 is 5.32 Å². The molecule has 0 fully saturated rings. The van der Waals surface area contributed by atoms with E-state index in [0.29, 0.717) is 0 Å². The van der Waals surface area contributed by atoms with E-state index >= 15 is 0 Å². The van der Waals surface area contributed by atoms with E-state index in [4.69, 9.17) is 11.6 Å². The minimum Gasteiger partial charge on any atom is -0.370 e. The molecule has 4 heteroatoms. The summed E-state index contributed by atoms with van der Waals surface area (Å²) in [6.07, 6.45) is 1.92. The molecule has 1 N–H and O–H groups in total. The number of hydrogen-bond donors (Lipinski definition) is 1. The van der Waals surface area contributed by atoms with Crippen LogP contribution < -0.4 is 5.32 Å². The minimum absolute atomic E-state index is 0.819. The highest BCUT2D eigenvalue weighted by Crippen LogP contribution is 2.17. The van der Waals surface area contributed by atoms with Crippen molar-refractivity contribution in [3.8, 4) is 0 Å². The summed E-state index contributed by atoms with van der Waals surface area (Å²) < 4.78 is 0. The fourth-order valence-electron chi connectivity index (χ4n) is 2.09. The topological polar surface area (TPSA) is 28.2 Å². The zero-order valence-corrected chi connectivity index (χ0v) is 12.7. The second kappa shape index (κ2) is 7.27. The molecule has 0 aliphatic carbocycles. The summed E-state index contributed by atoms with van der Waals surface area (Å²) >= 11 is 6.18. The Labute approximate surface area is 125 Å². The fourth-order valence-corrected chi connectivity index (χ4v) is 2.28. The van der Waals surface area contributed by atoms with E-state index in [1.807, 2.05) is 30.5 Å². The smallest absolute Gasteiger partial charge is 0.125 e. The molecule has 1 aromatic carbocycles. The average Bonchev–Trinajstić information content (AvgIpc) is 2.44. The summed E-state index contributed by atoms with van der Waals surface area (Å²) in [4.78, 5) is 6.61. The van der Waals surface area contributed by atoms with E-state index in [2.05, 4.69) is 41.3 Å². The predicted molar refractivity (Wildman–Crippen MR) is 85.0 cm³/mol. The van der Waals surface area contributed by atoms with E-state index in [9.17, 15) is 0 Å². The van der Waals surface area contributed by atoms with E-state index in [-0.39, 0.29) is 0 Å². The van der Waals surface area contributed by atoms with Crippen LogP contribution >= 0.6 is 11.6 Å². The van der Waals surface area contributed by atoms with Gasteiger partial charge in [-0.15, -0.1) is 0 Å². The van der Waals surface area contributed by atoms with E-state index in [0.717, 1.165) is 36.0 Å². The van der Waals surface area contributed by atoms with Gasteiger partial charge in [0.25, 0.3) is 0 Å². The molecule has 0 aliphatic heterocycles. The van der Waals surface area contributed by atoms with Crippen molar-refractivity contribution in [1.29, 1.82) is 0 Å². The summed E-state index contributed by atoms with van der Waals surface area (Å²) in [6.45, 7) is 4.63. The maximum Gasteiger partial charge on any atom is 0.125 e. The number of halogens is 1. The molecule has 3 nitrogen and oxygen atoms in total. The molecule has 0 amide bonds. The van der Waals surface area contributed by atoms with E-state index < -0.39 is 0 Å². The van der Waals surface area contributed by atoms with Crippen molar-refractivity contribution in [1.82, 2.24) is 9.88 Å². The molecule has 0 bridgehead atoms. The Bertz CT molecular complexity index is 540. The van der Waals surface area contributed by atoms with Crippen LogP contribution in [0.2, 0.25) is 5.02 Å². The summed E-state index contributed by atoms with van der Waals surface area (Å²) in [7, 11) is 2.08. The molecule has 20 heavy (non-hydrogen) atoms. The first kappa shape index (κ1) is 14.8. The van der Waals surface area contributed by atoms with Gasteiger partial charge >= 0.3 is 0 Å². The highest BCUT2D eigenvalue weighted by atomic mass is 35.5. The number of aromatic nitrogens is 1. The summed E-state index contributed by atoms with van der Waals surface area (Å²) in [5.74, 6) is 0.921. The summed E-state index contributed by atoms with van der Waals surface area (Å²) in [5, 5.41) is 4.01. The van der Waals surface area contributed by atoms with Gasteiger partial charge in [-0.1, -0.05) is 35.9 Å². The molecular formula is C16H20ClN3. The van der Waals surface area contributed by atoms with Crippen LogP contribution in [-0.4, -0.2) is 23.5 Å². The molecule has 2 aromatic rings. The molecule has 0 atom stereocenters. The van der Waals surface area contributed by atoms with E-state index in [1.165, 1.54) is 5.56 Å². The number of nitrogens with one attached hydrogen (secondary N) is 1. The predicted octanol–water partition coefficient (Wildman–Crippen LogP) is 3.80. The van der Waals surface area contributed by atoms with Crippen LogP contribution in [0.3, 0.4) is 0 Å². The molecule has 2 rings (SSSR count). The van der Waals surface area contributed by atoms with Gasteiger partial charge in [0.1, 0.15) is 5.82 Å². The van der Waals surface area contributed by atoms with E-state index in [1.54, 1.807) is 0 Å². The van der Waals surface area contributed by atoms with Crippen molar-refractivity contribution in [3.63, 3.8) is 0 Å². The monoisotopic (exact) mass is 289 g/mol. The number of anilines is 1. The molecule has 1 aromatic heterocycles. The Morgan fingerprint density at radius 3 is 2.60 bits per heavy atom. The van der Waals surface area contributed by atoms with Crippen LogP contribution in [0, 0.1) is 0 Å². The first-order valence-corrected chi connectivity index (χ1v) is 7.17. The number of rotatable bonds is 6. The lowest BCUT2D eigenvalue weighted by molar-refractivity contribution is 0.319. The quantitative estimate of drug-likeness (QED) is 0.877. The summed E-state index contributed by atoms with van der Waals surface area (Å²) in [5.41, 5.74) is 2.34. The van der Waals surface area contributed by atoms with Gasteiger partial charge in [-0.05, 0) is 37.2 Å². The van der Waals surface area contributed by atoms with Crippen molar-refractivity contribution in [3.05, 3.63) is 58.7 Å². The molecule has 0 radical (unpaired) electrons. The van der Waals surface area contributed by atoms with Crippen LogP contribution in [-0.2, 0) is 13.1 Å². The van der Waals surface area contributed by atoms with Crippen molar-refractivity contribution in [2.24, 2.45) is 0 Å². The van der Waals surface area contributed by atoms with Gasteiger partial charge in [-0.2, -0.15) is 0 Å². The second-order valence-electron chi connectivity index (χ2n) is 4.85. The van der Waals surface area contributed by atoms with Gasteiger partial charge in [0.2, 0.25) is 0 Å². The highest BCUT2D eigenvalue weighted by molar-refractivity contribution is 6.31. The van der Waals surface area contributed by atoms with Gasteiger partial charge in [-0.25, -0.2) is 4.98 Å². The Balaban J connectivity index is 1.94. The molecule has 1 heterocycles. The summed E-state index contributed by atoms with van der Waals surface area (Å²) in [6, 6.07) is 12.1. The Morgan fingerprint density at radius 2 is 1.95 bits per heavy atom. The maximum absolute atomic E-state index is 6.18. The van der Waals surface area contributed by atoms with Crippen LogP contribution in [0.5, 0.6) is 0 Å². The van der Waals surface area contributed by atoms with Crippen molar-refractivity contribution in [2.45, 2.75) is 20.0 Å². The third kappa shape index (κ3) is 4.22. The molecule has 0 unspecified atom stereocenters. The van der Waals surface area contributed by atoms with Gasteiger partial charge in [-0.3, -0.25) is 4.90 Å². The zero-order valence-electron chi connectivity index (χ0n) is 11.9. The number of benzene rings is 1. The average molecular weight is 290 g/mol. The van der Waals surface area contributed by atoms with Crippen LogP contribution in [0.1, 0.15) is 18.1 Å². The first-order chi connectivity index (χ1) is 9.69. The third-order valence-corrected chi connectivity index (χ3v) is 3.40. The number of nitrogens with zero attached hydrogens (tertiary/aromatic N) is 2. The lowest BCUT2D eigenvalue weighted by Crippen LogP contribution is -2.17.